The number of rotatable bonds is 0. The molecule has 0 nitrogen and oxygen atoms in total. The molecule has 0 heterocycles. The summed E-state index contributed by atoms with van der Waals surface area (Å²) in [6.07, 6.45) is 0. The van der Waals surface area contributed by atoms with E-state index < -0.39 is 0 Å². The van der Waals surface area contributed by atoms with Gasteiger partial charge in [-0.1, -0.05) is 0 Å². The van der Waals surface area contributed by atoms with Crippen LogP contribution in [0.4, 0.5) is 0 Å². The fourth-order valence-electron chi connectivity index (χ4n) is 0. The van der Waals surface area contributed by atoms with Gasteiger partial charge in [0.25, 0.3) is 0 Å². The molecule has 0 spiro atoms. The fraction of sp³-hybridized carbons (Fsp3) is 0. The zero-order valence-electron chi connectivity index (χ0n) is 2.02. The summed E-state index contributed by atoms with van der Waals surface area (Å²) in [5.74, 6) is 0. The average Bonchev–Trinajstić information content (AvgIpc) is 0. The van der Waals surface area contributed by atoms with E-state index in [0.29, 0.717) is 0 Å². The van der Waals surface area contributed by atoms with Crippen LogP contribution < -0.4 is 0 Å². The van der Waals surface area contributed by atoms with Crippen molar-refractivity contribution in [2.45, 2.75) is 0 Å². The van der Waals surface area contributed by atoms with Crippen LogP contribution in [-0.4, -0.2) is 76.0 Å². The second kappa shape index (κ2) is 24.9. The van der Waals surface area contributed by atoms with Crippen LogP contribution in [-0.2, 0) is 39.4 Å². The third-order valence-electron chi connectivity index (χ3n) is 0. The summed E-state index contributed by atoms with van der Waals surface area (Å²) >= 11 is 0. The first-order valence-corrected chi connectivity index (χ1v) is 0. The summed E-state index contributed by atoms with van der Waals surface area (Å²) in [5, 5.41) is 0. The van der Waals surface area contributed by atoms with Gasteiger partial charge in [0.05, 0.1) is 0 Å². The molecule has 5 heavy (non-hydrogen) atoms. The van der Waals surface area contributed by atoms with E-state index >= 15 is 0 Å². The van der Waals surface area contributed by atoms with Gasteiger partial charge in [0.1, 0.15) is 0 Å². The number of hydrogen-bond acceptors (Lipinski definition) is 0. The first-order valence-electron chi connectivity index (χ1n) is 0. The molecule has 0 aliphatic rings. The average molecular weight is 622 g/mol. The molecule has 0 aliphatic carbocycles. The first kappa shape index (κ1) is 37.0. The molecule has 0 rings (SSSR count). The molecule has 0 amide bonds. The third kappa shape index (κ3) is 18.2. The number of hydrogen-bond donors (Lipinski definition) is 0. The third-order valence-corrected chi connectivity index (χ3v) is 0. The van der Waals surface area contributed by atoms with Crippen LogP contribution in [0.25, 0.3) is 0 Å². The molecule has 5 heteroatoms. The molecule has 0 aromatic heterocycles. The van der Waals surface area contributed by atoms with Gasteiger partial charge in [0, 0.05) is 39.4 Å². The molecule has 0 N–H and O–H groups in total. The topological polar surface area (TPSA) is 0 Å². The summed E-state index contributed by atoms with van der Waals surface area (Å²) in [4.78, 5) is 0. The van der Waals surface area contributed by atoms with E-state index in [1.807, 2.05) is 0 Å². The van der Waals surface area contributed by atoms with Crippen LogP contribution in [0.15, 0.2) is 0 Å². The SMILES string of the molecule is [Ag].[BiH3].[Cu].[InH3].[SnH2]. The van der Waals surface area contributed by atoms with Gasteiger partial charge in [-0.2, -0.15) is 0 Å². The predicted molar refractivity (Wildman–Crippen MR) is 28.4 cm³/mol. The second-order valence-electron chi connectivity index (χ2n) is 0. The van der Waals surface area contributed by atoms with Crippen LogP contribution >= 0.6 is 0 Å². The zero-order valence-corrected chi connectivity index (χ0v) is 14.0. The van der Waals surface area contributed by atoms with Gasteiger partial charge < -0.3 is 0 Å². The molecule has 0 saturated carbocycles. The van der Waals surface area contributed by atoms with E-state index in [0.717, 1.165) is 0 Å². The molecule has 0 saturated heterocycles. The fourth-order valence-corrected chi connectivity index (χ4v) is 0. The van der Waals surface area contributed by atoms with Gasteiger partial charge in [-0.25, -0.2) is 0 Å². The molecular formula is H8AgBiCuInSn. The second-order valence-corrected chi connectivity index (χ2v) is 0. The van der Waals surface area contributed by atoms with Crippen molar-refractivity contribution >= 4 is 76.0 Å². The molecule has 4 radical (unpaired) electrons. The quantitative estimate of drug-likeness (QED) is 0.249. The van der Waals surface area contributed by atoms with E-state index in [4.69, 9.17) is 0 Å². The van der Waals surface area contributed by atoms with Crippen molar-refractivity contribution < 1.29 is 39.4 Å². The van der Waals surface area contributed by atoms with E-state index in [-0.39, 0.29) is 115 Å². The van der Waals surface area contributed by atoms with Gasteiger partial charge in [-0.05, 0) is 0 Å². The van der Waals surface area contributed by atoms with Crippen LogP contribution in [0, 0.1) is 0 Å². The molecule has 0 aromatic rings. The normalized spacial score (nSPS) is 0. The molecule has 0 aliphatic heterocycles. The maximum atomic E-state index is 0. The Morgan fingerprint density at radius 1 is 1.00 bits per heavy atom. The summed E-state index contributed by atoms with van der Waals surface area (Å²) in [6.45, 7) is 0. The van der Waals surface area contributed by atoms with Gasteiger partial charge in [-0.3, -0.25) is 0 Å². The Morgan fingerprint density at radius 2 is 1.00 bits per heavy atom. The Bertz CT molecular complexity index is 11.6. The monoisotopic (exact) mass is 622 g/mol. The molecule has 0 fully saturated rings. The zero-order chi connectivity index (χ0) is 0. The van der Waals surface area contributed by atoms with Crippen LogP contribution in [0.2, 0.25) is 0 Å². The molecule has 0 unspecified atom stereocenters. The molecule has 42 valence electrons. The predicted octanol–water partition coefficient (Wildman–Crippen LogP) is -3.29. The van der Waals surface area contributed by atoms with E-state index in [2.05, 4.69) is 0 Å². The van der Waals surface area contributed by atoms with Gasteiger partial charge in [0.2, 0.25) is 0 Å². The summed E-state index contributed by atoms with van der Waals surface area (Å²) in [7, 11) is 0. The van der Waals surface area contributed by atoms with E-state index in [1.165, 1.54) is 0 Å². The first-order chi connectivity index (χ1) is 0. The Balaban J connectivity index is 0. The van der Waals surface area contributed by atoms with Gasteiger partial charge in [0.15, 0.2) is 0 Å². The maximum absolute atomic E-state index is 0. The minimum atomic E-state index is 0. The standard InChI is InChI=1S/Ag.Bi.Cu.In.Sn.8H. The van der Waals surface area contributed by atoms with Crippen molar-refractivity contribution in [1.29, 1.82) is 0 Å². The van der Waals surface area contributed by atoms with E-state index in [9.17, 15) is 0 Å². The molecular weight excluding hydrogens is 614 g/mol. The Kier molecular flexibility index (Phi) is 185. The Hall–Kier alpha value is 3.81. The van der Waals surface area contributed by atoms with Crippen molar-refractivity contribution in [2.24, 2.45) is 0 Å². The van der Waals surface area contributed by atoms with Crippen molar-refractivity contribution in [1.82, 2.24) is 0 Å². The van der Waals surface area contributed by atoms with Crippen molar-refractivity contribution in [3.8, 4) is 0 Å². The summed E-state index contributed by atoms with van der Waals surface area (Å²) in [6, 6.07) is 0. The van der Waals surface area contributed by atoms with Gasteiger partial charge in [-0.15, -0.1) is 0 Å². The van der Waals surface area contributed by atoms with Gasteiger partial charge >= 0.3 is 76.0 Å². The summed E-state index contributed by atoms with van der Waals surface area (Å²) in [5.41, 5.74) is 0. The van der Waals surface area contributed by atoms with Crippen molar-refractivity contribution in [2.75, 3.05) is 0 Å². The molecule has 0 bridgehead atoms. The molecule has 0 aromatic carbocycles. The summed E-state index contributed by atoms with van der Waals surface area (Å²) < 4.78 is 0. The van der Waals surface area contributed by atoms with Crippen LogP contribution in [0.5, 0.6) is 0 Å². The van der Waals surface area contributed by atoms with Crippen molar-refractivity contribution in [3.63, 3.8) is 0 Å². The minimum absolute atomic E-state index is 0. The van der Waals surface area contributed by atoms with E-state index in [1.54, 1.807) is 0 Å². The Labute approximate surface area is 113 Å². The van der Waals surface area contributed by atoms with Crippen molar-refractivity contribution in [3.05, 3.63) is 0 Å². The Morgan fingerprint density at radius 3 is 1.00 bits per heavy atom. The van der Waals surface area contributed by atoms with Crippen LogP contribution in [0.3, 0.4) is 0 Å². The van der Waals surface area contributed by atoms with Crippen LogP contribution in [0.1, 0.15) is 0 Å². The molecule has 0 atom stereocenters.